The maximum absolute atomic E-state index is 5.94. The van der Waals surface area contributed by atoms with Crippen LogP contribution in [-0.2, 0) is 0 Å². The molecule has 0 atom stereocenters. The van der Waals surface area contributed by atoms with Gasteiger partial charge in [0.2, 0.25) is 0 Å². The molecule has 0 heterocycles. The van der Waals surface area contributed by atoms with Crippen LogP contribution in [0, 0.1) is 0 Å². The molecule has 0 spiro atoms. The van der Waals surface area contributed by atoms with Gasteiger partial charge >= 0.3 is 0 Å². The molecule has 0 N–H and O–H groups in total. The first kappa shape index (κ1) is 10.9. The SMILES string of the molecule is ClCCC=Cc1ccc(Cl)cc1Cl. The Balaban J connectivity index is 2.77. The first-order valence-corrected chi connectivity index (χ1v) is 5.20. The van der Waals surface area contributed by atoms with Gasteiger partial charge in [0.1, 0.15) is 0 Å². The molecule has 1 aromatic carbocycles. The first-order chi connectivity index (χ1) is 6.24. The molecule has 0 bridgehead atoms. The van der Waals surface area contributed by atoms with Crippen molar-refractivity contribution in [2.45, 2.75) is 6.42 Å². The summed E-state index contributed by atoms with van der Waals surface area (Å²) >= 11 is 17.2. The Hall–Kier alpha value is -0.170. The van der Waals surface area contributed by atoms with Crippen molar-refractivity contribution in [3.63, 3.8) is 0 Å². The van der Waals surface area contributed by atoms with Gasteiger partial charge in [0.15, 0.2) is 0 Å². The summed E-state index contributed by atoms with van der Waals surface area (Å²) in [6.45, 7) is 0. The van der Waals surface area contributed by atoms with Crippen LogP contribution >= 0.6 is 34.8 Å². The minimum absolute atomic E-state index is 0.627. The highest BCUT2D eigenvalue weighted by Gasteiger charge is 1.96. The van der Waals surface area contributed by atoms with Crippen LogP contribution in [0.15, 0.2) is 24.3 Å². The highest BCUT2D eigenvalue weighted by atomic mass is 35.5. The van der Waals surface area contributed by atoms with Gasteiger partial charge in [0, 0.05) is 15.9 Å². The lowest BCUT2D eigenvalue weighted by Crippen LogP contribution is -1.75. The molecule has 0 nitrogen and oxygen atoms in total. The van der Waals surface area contributed by atoms with E-state index in [2.05, 4.69) is 0 Å². The molecule has 0 saturated carbocycles. The molecule has 0 fully saturated rings. The summed E-state index contributed by atoms with van der Waals surface area (Å²) < 4.78 is 0. The second kappa shape index (κ2) is 5.54. The van der Waals surface area contributed by atoms with Crippen molar-refractivity contribution in [2.24, 2.45) is 0 Å². The molecule has 0 aromatic heterocycles. The van der Waals surface area contributed by atoms with Gasteiger partial charge in [-0.3, -0.25) is 0 Å². The number of alkyl halides is 1. The summed E-state index contributed by atoms with van der Waals surface area (Å²) in [5.41, 5.74) is 0.969. The standard InChI is InChI=1S/C10H9Cl3/c11-6-2-1-3-8-4-5-9(12)7-10(8)13/h1,3-5,7H,2,6H2. The van der Waals surface area contributed by atoms with Crippen LogP contribution in [0.4, 0.5) is 0 Å². The topological polar surface area (TPSA) is 0 Å². The maximum atomic E-state index is 5.94. The number of hydrogen-bond acceptors (Lipinski definition) is 0. The lowest BCUT2D eigenvalue weighted by molar-refractivity contribution is 1.24. The summed E-state index contributed by atoms with van der Waals surface area (Å²) in [7, 11) is 0. The second-order valence-electron chi connectivity index (χ2n) is 2.55. The van der Waals surface area contributed by atoms with E-state index >= 15 is 0 Å². The fraction of sp³-hybridized carbons (Fsp3) is 0.200. The number of halogens is 3. The van der Waals surface area contributed by atoms with Crippen molar-refractivity contribution in [1.29, 1.82) is 0 Å². The second-order valence-corrected chi connectivity index (χ2v) is 3.77. The molecular formula is C10H9Cl3. The Kier molecular flexibility index (Phi) is 4.65. The van der Waals surface area contributed by atoms with E-state index in [0.717, 1.165) is 12.0 Å². The van der Waals surface area contributed by atoms with Crippen molar-refractivity contribution in [3.05, 3.63) is 39.9 Å². The van der Waals surface area contributed by atoms with Crippen LogP contribution in [0.2, 0.25) is 10.0 Å². The molecule has 0 amide bonds. The summed E-state index contributed by atoms with van der Waals surface area (Å²) in [5.74, 6) is 0.627. The molecule has 0 radical (unpaired) electrons. The van der Waals surface area contributed by atoms with Crippen molar-refractivity contribution in [3.8, 4) is 0 Å². The summed E-state index contributed by atoms with van der Waals surface area (Å²) in [5, 5.41) is 1.32. The quantitative estimate of drug-likeness (QED) is 0.670. The normalized spacial score (nSPS) is 11.0. The van der Waals surface area contributed by atoms with Crippen LogP contribution in [0.1, 0.15) is 12.0 Å². The highest BCUT2D eigenvalue weighted by molar-refractivity contribution is 6.35. The van der Waals surface area contributed by atoms with E-state index in [1.807, 2.05) is 24.3 Å². The molecule has 13 heavy (non-hydrogen) atoms. The summed E-state index contributed by atoms with van der Waals surface area (Å²) in [4.78, 5) is 0. The van der Waals surface area contributed by atoms with Gasteiger partial charge in [-0.1, -0.05) is 41.4 Å². The maximum Gasteiger partial charge on any atom is 0.0493 e. The zero-order valence-corrected chi connectivity index (χ0v) is 9.20. The molecule has 1 aromatic rings. The predicted molar refractivity (Wildman–Crippen MR) is 60.8 cm³/mol. The van der Waals surface area contributed by atoms with E-state index < -0.39 is 0 Å². The monoisotopic (exact) mass is 234 g/mol. The van der Waals surface area contributed by atoms with Crippen molar-refractivity contribution in [2.75, 3.05) is 5.88 Å². The summed E-state index contributed by atoms with van der Waals surface area (Å²) in [6, 6.07) is 5.42. The molecule has 70 valence electrons. The van der Waals surface area contributed by atoms with Gasteiger partial charge in [-0.2, -0.15) is 0 Å². The van der Waals surface area contributed by atoms with Gasteiger partial charge in [-0.15, -0.1) is 11.6 Å². The zero-order valence-electron chi connectivity index (χ0n) is 6.93. The molecule has 1 rings (SSSR count). The average Bonchev–Trinajstić information content (AvgIpc) is 2.09. The fourth-order valence-corrected chi connectivity index (χ4v) is 1.51. The number of rotatable bonds is 3. The van der Waals surface area contributed by atoms with Crippen LogP contribution in [0.5, 0.6) is 0 Å². The van der Waals surface area contributed by atoms with Crippen LogP contribution < -0.4 is 0 Å². The van der Waals surface area contributed by atoms with Gasteiger partial charge in [-0.05, 0) is 24.1 Å². The van der Waals surface area contributed by atoms with Gasteiger partial charge in [0.05, 0.1) is 0 Å². The zero-order chi connectivity index (χ0) is 9.68. The Bertz CT molecular complexity index is 305. The van der Waals surface area contributed by atoms with E-state index in [9.17, 15) is 0 Å². The first-order valence-electron chi connectivity index (χ1n) is 3.91. The predicted octanol–water partition coefficient (Wildman–Crippen LogP) is 4.64. The Labute approximate surface area is 93.1 Å². The van der Waals surface area contributed by atoms with E-state index in [1.54, 1.807) is 6.07 Å². The Morgan fingerprint density at radius 2 is 2.00 bits per heavy atom. The van der Waals surface area contributed by atoms with Gasteiger partial charge in [0.25, 0.3) is 0 Å². The smallest absolute Gasteiger partial charge is 0.0493 e. The minimum Gasteiger partial charge on any atom is -0.126 e. The molecule has 0 saturated heterocycles. The van der Waals surface area contributed by atoms with E-state index in [-0.39, 0.29) is 0 Å². The van der Waals surface area contributed by atoms with Crippen LogP contribution in [-0.4, -0.2) is 5.88 Å². The largest absolute Gasteiger partial charge is 0.126 e. The molecule has 0 aliphatic carbocycles. The molecule has 0 aliphatic rings. The fourth-order valence-electron chi connectivity index (χ4n) is 0.910. The summed E-state index contributed by atoms with van der Waals surface area (Å²) in [6.07, 6.45) is 4.78. The minimum atomic E-state index is 0.627. The molecular weight excluding hydrogens is 226 g/mol. The lowest BCUT2D eigenvalue weighted by Gasteiger charge is -1.97. The third-order valence-electron chi connectivity index (χ3n) is 1.54. The van der Waals surface area contributed by atoms with Crippen molar-refractivity contribution in [1.82, 2.24) is 0 Å². The lowest BCUT2D eigenvalue weighted by atomic mass is 10.2. The number of benzene rings is 1. The third-order valence-corrected chi connectivity index (χ3v) is 2.32. The third kappa shape index (κ3) is 3.60. The Morgan fingerprint density at radius 1 is 1.23 bits per heavy atom. The van der Waals surface area contributed by atoms with E-state index in [1.165, 1.54) is 0 Å². The van der Waals surface area contributed by atoms with Crippen LogP contribution in [0.3, 0.4) is 0 Å². The Morgan fingerprint density at radius 3 is 2.62 bits per heavy atom. The number of hydrogen-bond donors (Lipinski definition) is 0. The van der Waals surface area contributed by atoms with Crippen molar-refractivity contribution >= 4 is 40.9 Å². The molecule has 3 heteroatoms. The van der Waals surface area contributed by atoms with E-state index in [4.69, 9.17) is 34.8 Å². The van der Waals surface area contributed by atoms with Crippen molar-refractivity contribution < 1.29 is 0 Å². The van der Waals surface area contributed by atoms with E-state index in [0.29, 0.717) is 15.9 Å². The highest BCUT2D eigenvalue weighted by Crippen LogP contribution is 2.22. The van der Waals surface area contributed by atoms with Gasteiger partial charge < -0.3 is 0 Å². The van der Waals surface area contributed by atoms with Gasteiger partial charge in [-0.25, -0.2) is 0 Å². The molecule has 0 aliphatic heterocycles. The van der Waals surface area contributed by atoms with Crippen LogP contribution in [0.25, 0.3) is 6.08 Å². The average molecular weight is 236 g/mol. The molecule has 0 unspecified atom stereocenters. The number of allylic oxidation sites excluding steroid dienone is 1.